The molecule has 0 spiro atoms. The van der Waals surface area contributed by atoms with E-state index in [1.165, 1.54) is 0 Å². The van der Waals surface area contributed by atoms with Gasteiger partial charge in [-0.15, -0.1) is 0 Å². The van der Waals surface area contributed by atoms with Gasteiger partial charge in [0.2, 0.25) is 0 Å². The first kappa shape index (κ1) is 16.7. The van der Waals surface area contributed by atoms with Crippen LogP contribution in [0, 0.1) is 5.92 Å². The molecule has 2 N–H and O–H groups in total. The minimum absolute atomic E-state index is 0.0910. The lowest BCUT2D eigenvalue weighted by atomic mass is 9.91. The Bertz CT molecular complexity index is 462. The zero-order chi connectivity index (χ0) is 15.8. The van der Waals surface area contributed by atoms with Gasteiger partial charge in [-0.1, -0.05) is 18.2 Å². The molecule has 6 heteroatoms. The average Bonchev–Trinajstić information content (AvgIpc) is 2.56. The summed E-state index contributed by atoms with van der Waals surface area (Å²) in [6, 6.07) is 9.12. The number of amides is 2. The highest BCUT2D eigenvalue weighted by Crippen LogP contribution is 2.32. The number of carbonyl (C=O) groups excluding carboxylic acids is 1. The fraction of sp³-hybridized carbons (Fsp3) is 0.562. The maximum Gasteiger partial charge on any atom is 0.319 e. The molecule has 1 atom stereocenters. The van der Waals surface area contributed by atoms with Gasteiger partial charge in [-0.05, 0) is 18.6 Å². The Balaban J connectivity index is 1.78. The summed E-state index contributed by atoms with van der Waals surface area (Å²) in [4.78, 5) is 11.8. The highest BCUT2D eigenvalue weighted by Gasteiger charge is 2.41. The second-order valence-corrected chi connectivity index (χ2v) is 5.28. The molecule has 2 amide bonds. The number of ether oxygens (including phenoxy) is 3. The first-order valence-electron chi connectivity index (χ1n) is 7.48. The molecule has 1 aliphatic heterocycles. The summed E-state index contributed by atoms with van der Waals surface area (Å²) in [5.74, 6) is -0.524. The summed E-state index contributed by atoms with van der Waals surface area (Å²) in [6.45, 7) is 1.73. The lowest BCUT2D eigenvalue weighted by molar-refractivity contribution is -0.276. The number of hydrogen-bond donors (Lipinski definition) is 2. The number of benzene rings is 1. The number of urea groups is 1. The molecule has 0 aliphatic carbocycles. The fourth-order valence-corrected chi connectivity index (χ4v) is 2.75. The molecule has 2 rings (SSSR count). The van der Waals surface area contributed by atoms with E-state index in [0.29, 0.717) is 26.2 Å². The van der Waals surface area contributed by atoms with Gasteiger partial charge in [0.15, 0.2) is 5.79 Å². The van der Waals surface area contributed by atoms with E-state index < -0.39 is 5.79 Å². The number of anilines is 1. The fourth-order valence-electron chi connectivity index (χ4n) is 2.75. The number of carbonyl (C=O) groups is 1. The third kappa shape index (κ3) is 4.19. The molecule has 0 radical (unpaired) electrons. The lowest BCUT2D eigenvalue weighted by Crippen LogP contribution is -2.49. The van der Waals surface area contributed by atoms with Crippen LogP contribution in [0.2, 0.25) is 0 Å². The van der Waals surface area contributed by atoms with Crippen molar-refractivity contribution in [1.29, 1.82) is 0 Å². The monoisotopic (exact) mass is 308 g/mol. The lowest BCUT2D eigenvalue weighted by Gasteiger charge is -2.41. The van der Waals surface area contributed by atoms with Crippen molar-refractivity contribution >= 4 is 11.7 Å². The van der Waals surface area contributed by atoms with Crippen molar-refractivity contribution in [2.75, 3.05) is 39.3 Å². The molecule has 1 heterocycles. The van der Waals surface area contributed by atoms with Crippen LogP contribution in [0.3, 0.4) is 0 Å². The van der Waals surface area contributed by atoms with Crippen molar-refractivity contribution in [3.63, 3.8) is 0 Å². The van der Waals surface area contributed by atoms with Crippen molar-refractivity contribution in [1.82, 2.24) is 5.32 Å². The van der Waals surface area contributed by atoms with Gasteiger partial charge in [0.1, 0.15) is 0 Å². The summed E-state index contributed by atoms with van der Waals surface area (Å²) >= 11 is 0. The van der Waals surface area contributed by atoms with Gasteiger partial charge in [-0.25, -0.2) is 4.79 Å². The molecule has 1 fully saturated rings. The van der Waals surface area contributed by atoms with E-state index in [1.807, 2.05) is 30.3 Å². The quantitative estimate of drug-likeness (QED) is 0.791. The molecule has 0 saturated carbocycles. The van der Waals surface area contributed by atoms with Gasteiger partial charge in [-0.3, -0.25) is 0 Å². The van der Waals surface area contributed by atoms with E-state index >= 15 is 0 Å². The predicted octanol–water partition coefficient (Wildman–Crippen LogP) is 2.22. The van der Waals surface area contributed by atoms with Crippen molar-refractivity contribution in [3.05, 3.63) is 30.3 Å². The van der Waals surface area contributed by atoms with Crippen LogP contribution in [0.25, 0.3) is 0 Å². The van der Waals surface area contributed by atoms with E-state index in [0.717, 1.165) is 12.1 Å². The van der Waals surface area contributed by atoms with E-state index in [9.17, 15) is 4.79 Å². The number of hydrogen-bond acceptors (Lipinski definition) is 4. The van der Waals surface area contributed by atoms with Gasteiger partial charge < -0.3 is 24.8 Å². The molecule has 0 bridgehead atoms. The molecule has 122 valence electrons. The van der Waals surface area contributed by atoms with E-state index in [1.54, 1.807) is 14.2 Å². The summed E-state index contributed by atoms with van der Waals surface area (Å²) < 4.78 is 16.6. The highest BCUT2D eigenvalue weighted by molar-refractivity contribution is 5.89. The highest BCUT2D eigenvalue weighted by atomic mass is 16.7. The zero-order valence-electron chi connectivity index (χ0n) is 13.1. The van der Waals surface area contributed by atoms with Gasteiger partial charge in [0.25, 0.3) is 0 Å². The minimum atomic E-state index is -0.615. The van der Waals surface area contributed by atoms with E-state index in [-0.39, 0.29) is 11.9 Å². The second kappa shape index (κ2) is 8.12. The second-order valence-electron chi connectivity index (χ2n) is 5.28. The van der Waals surface area contributed by atoms with Crippen LogP contribution in [0.4, 0.5) is 10.5 Å². The molecule has 6 nitrogen and oxygen atoms in total. The predicted molar refractivity (Wildman–Crippen MR) is 83.8 cm³/mol. The summed E-state index contributed by atoms with van der Waals surface area (Å²) in [5, 5.41) is 5.63. The molecular formula is C16H24N2O4. The Morgan fingerprint density at radius 3 is 2.73 bits per heavy atom. The molecule has 0 aromatic heterocycles. The van der Waals surface area contributed by atoms with Crippen LogP contribution in [0.15, 0.2) is 30.3 Å². The molecular weight excluding hydrogens is 284 g/mol. The van der Waals surface area contributed by atoms with Crippen LogP contribution in [0.1, 0.15) is 12.8 Å². The molecule has 1 aromatic carbocycles. The first-order chi connectivity index (χ1) is 10.7. The SMILES string of the molecule is COC1(OC)CCOCC1CCNC(=O)Nc1ccccc1. The maximum atomic E-state index is 11.8. The van der Waals surface area contributed by atoms with E-state index in [2.05, 4.69) is 10.6 Å². The molecule has 1 saturated heterocycles. The Labute approximate surface area is 131 Å². The van der Waals surface area contributed by atoms with E-state index in [4.69, 9.17) is 14.2 Å². The molecule has 1 aromatic rings. The number of methoxy groups -OCH3 is 2. The third-order valence-electron chi connectivity index (χ3n) is 4.04. The van der Waals surface area contributed by atoms with Gasteiger partial charge >= 0.3 is 6.03 Å². The average molecular weight is 308 g/mol. The molecule has 22 heavy (non-hydrogen) atoms. The standard InChI is InChI=1S/C16H24N2O4/c1-20-16(21-2)9-11-22-12-13(16)8-10-17-15(19)18-14-6-4-3-5-7-14/h3-7,13H,8-12H2,1-2H3,(H2,17,18,19). The number of nitrogens with one attached hydrogen (secondary N) is 2. The largest absolute Gasteiger partial charge is 0.381 e. The van der Waals surface area contributed by atoms with Crippen molar-refractivity contribution in [3.8, 4) is 0 Å². The molecule has 1 unspecified atom stereocenters. The Morgan fingerprint density at radius 1 is 1.32 bits per heavy atom. The topological polar surface area (TPSA) is 68.8 Å². The van der Waals surface area contributed by atoms with Gasteiger partial charge in [0, 0.05) is 38.8 Å². The third-order valence-corrected chi connectivity index (χ3v) is 4.04. The maximum absolute atomic E-state index is 11.8. The Morgan fingerprint density at radius 2 is 2.05 bits per heavy atom. The van der Waals surface area contributed by atoms with Crippen LogP contribution < -0.4 is 10.6 Å². The van der Waals surface area contributed by atoms with Crippen LogP contribution >= 0.6 is 0 Å². The van der Waals surface area contributed by atoms with Crippen molar-refractivity contribution in [2.45, 2.75) is 18.6 Å². The van der Waals surface area contributed by atoms with Crippen molar-refractivity contribution < 1.29 is 19.0 Å². The van der Waals surface area contributed by atoms with Crippen LogP contribution in [0.5, 0.6) is 0 Å². The summed E-state index contributed by atoms with van der Waals surface area (Å²) in [7, 11) is 3.30. The van der Waals surface area contributed by atoms with Gasteiger partial charge in [0.05, 0.1) is 13.2 Å². The normalized spacial score (nSPS) is 20.4. The smallest absolute Gasteiger partial charge is 0.319 e. The van der Waals surface area contributed by atoms with Crippen LogP contribution in [-0.2, 0) is 14.2 Å². The van der Waals surface area contributed by atoms with Crippen LogP contribution in [-0.4, -0.2) is 45.8 Å². The zero-order valence-corrected chi connectivity index (χ0v) is 13.1. The Kier molecular flexibility index (Phi) is 6.18. The number of para-hydroxylation sites is 1. The van der Waals surface area contributed by atoms with Gasteiger partial charge in [-0.2, -0.15) is 0 Å². The van der Waals surface area contributed by atoms with Crippen molar-refractivity contribution in [2.24, 2.45) is 5.92 Å². The number of rotatable bonds is 6. The summed E-state index contributed by atoms with van der Waals surface area (Å²) in [6.07, 6.45) is 1.42. The summed E-state index contributed by atoms with van der Waals surface area (Å²) in [5.41, 5.74) is 0.768. The Hall–Kier alpha value is -1.63. The minimum Gasteiger partial charge on any atom is -0.381 e. The molecule has 1 aliphatic rings. The first-order valence-corrected chi connectivity index (χ1v) is 7.48.